The van der Waals surface area contributed by atoms with E-state index in [-0.39, 0.29) is 25.7 Å². The van der Waals surface area contributed by atoms with Gasteiger partial charge in [-0.1, -0.05) is 186 Å². The molecule has 0 aromatic carbocycles. The highest BCUT2D eigenvalue weighted by atomic mass is 31.2. The first-order chi connectivity index (χ1) is 24.4. The van der Waals surface area contributed by atoms with E-state index in [0.29, 0.717) is 6.42 Å². The zero-order valence-electron chi connectivity index (χ0n) is 32.6. The number of aliphatic hydroxyl groups excluding tert-OH is 1. The van der Waals surface area contributed by atoms with Crippen LogP contribution in [-0.4, -0.2) is 48.4 Å². The van der Waals surface area contributed by atoms with Crippen LogP contribution in [0.4, 0.5) is 0 Å². The lowest BCUT2D eigenvalue weighted by atomic mass is 10.0. The van der Waals surface area contributed by atoms with Crippen LogP contribution in [0.5, 0.6) is 0 Å². The Morgan fingerprint density at radius 3 is 1.32 bits per heavy atom. The van der Waals surface area contributed by atoms with Crippen LogP contribution in [0.2, 0.25) is 0 Å². The van der Waals surface area contributed by atoms with E-state index in [1.165, 1.54) is 180 Å². The second kappa shape index (κ2) is 39.4. The standard InChI is InChI=1S/C41H82NO7P/c1-2-3-4-5-6-7-8-9-10-11-12-13-14-15-16-17-18-19-20-21-22-23-24-25-26-27-28-29-30-31-32-33-34-35-41(44)47-38-40(43)39-49-50(45,46)48-37-36-42/h11-12,40,43H,2-10,13-39,42H2,1H3,(H,45,46)/b12-11-. The molecule has 0 aromatic heterocycles. The van der Waals surface area contributed by atoms with E-state index in [2.05, 4.69) is 28.1 Å². The molecule has 0 radical (unpaired) electrons. The van der Waals surface area contributed by atoms with Gasteiger partial charge in [-0.2, -0.15) is 0 Å². The fourth-order valence-electron chi connectivity index (χ4n) is 6.22. The predicted molar refractivity (Wildman–Crippen MR) is 210 cm³/mol. The summed E-state index contributed by atoms with van der Waals surface area (Å²) in [6.45, 7) is 1.49. The highest BCUT2D eigenvalue weighted by molar-refractivity contribution is 7.47. The summed E-state index contributed by atoms with van der Waals surface area (Å²) in [5.74, 6) is -0.380. The van der Waals surface area contributed by atoms with Gasteiger partial charge in [-0.05, 0) is 32.1 Å². The lowest BCUT2D eigenvalue weighted by Gasteiger charge is -2.15. The van der Waals surface area contributed by atoms with Crippen LogP contribution in [0.25, 0.3) is 0 Å². The summed E-state index contributed by atoms with van der Waals surface area (Å²) < 4.78 is 25.7. The van der Waals surface area contributed by atoms with Crippen molar-refractivity contribution in [3.05, 3.63) is 12.2 Å². The molecule has 2 unspecified atom stereocenters. The van der Waals surface area contributed by atoms with Crippen molar-refractivity contribution in [2.75, 3.05) is 26.4 Å². The van der Waals surface area contributed by atoms with Gasteiger partial charge in [0.2, 0.25) is 0 Å². The van der Waals surface area contributed by atoms with E-state index in [1.54, 1.807) is 0 Å². The Bertz CT molecular complexity index is 782. The van der Waals surface area contributed by atoms with Gasteiger partial charge < -0.3 is 20.5 Å². The SMILES string of the molecule is CCCCCCCCCC/C=C\CCCCCCCCCCCCCCCCCCCCCCCC(=O)OCC(O)COP(=O)(O)OCCN. The average Bonchev–Trinajstić information content (AvgIpc) is 3.11. The average molecular weight is 732 g/mol. The number of nitrogens with two attached hydrogens (primary N) is 1. The summed E-state index contributed by atoms with van der Waals surface area (Å²) in [4.78, 5) is 21.2. The van der Waals surface area contributed by atoms with E-state index in [1.807, 2.05) is 0 Å². The van der Waals surface area contributed by atoms with Crippen LogP contribution in [0.15, 0.2) is 12.2 Å². The fourth-order valence-corrected chi connectivity index (χ4v) is 6.99. The normalized spacial score (nSPS) is 13.6. The molecule has 0 amide bonds. The first-order valence-electron chi connectivity index (χ1n) is 21.2. The van der Waals surface area contributed by atoms with Crippen LogP contribution in [0, 0.1) is 0 Å². The molecule has 2 atom stereocenters. The Hall–Kier alpha value is -0.760. The van der Waals surface area contributed by atoms with Gasteiger partial charge >= 0.3 is 13.8 Å². The highest BCUT2D eigenvalue weighted by Gasteiger charge is 2.22. The van der Waals surface area contributed by atoms with Crippen molar-refractivity contribution in [2.24, 2.45) is 5.73 Å². The van der Waals surface area contributed by atoms with E-state index in [4.69, 9.17) is 10.5 Å². The molecule has 0 bridgehead atoms. The van der Waals surface area contributed by atoms with E-state index in [9.17, 15) is 19.4 Å². The number of unbranched alkanes of at least 4 members (excludes halogenated alkanes) is 29. The highest BCUT2D eigenvalue weighted by Crippen LogP contribution is 2.42. The third kappa shape index (κ3) is 40.0. The smallest absolute Gasteiger partial charge is 0.463 e. The van der Waals surface area contributed by atoms with Gasteiger partial charge in [-0.25, -0.2) is 4.57 Å². The number of phosphoric acid groups is 1. The molecular formula is C41H82NO7P. The molecule has 0 saturated heterocycles. The summed E-state index contributed by atoms with van der Waals surface area (Å²) in [5.41, 5.74) is 5.20. The molecule has 0 fully saturated rings. The van der Waals surface area contributed by atoms with Crippen molar-refractivity contribution < 1.29 is 33.1 Å². The van der Waals surface area contributed by atoms with Gasteiger partial charge in [0.1, 0.15) is 12.7 Å². The van der Waals surface area contributed by atoms with Crippen molar-refractivity contribution in [1.82, 2.24) is 0 Å². The molecule has 0 aliphatic rings. The largest absolute Gasteiger partial charge is 0.472 e. The first kappa shape index (κ1) is 49.2. The monoisotopic (exact) mass is 732 g/mol. The van der Waals surface area contributed by atoms with Gasteiger partial charge in [-0.15, -0.1) is 0 Å². The Balaban J connectivity index is 3.26. The number of ether oxygens (including phenoxy) is 1. The van der Waals surface area contributed by atoms with Gasteiger partial charge in [0.25, 0.3) is 0 Å². The van der Waals surface area contributed by atoms with Crippen molar-refractivity contribution in [3.8, 4) is 0 Å². The van der Waals surface area contributed by atoms with Crippen LogP contribution >= 0.6 is 7.82 Å². The molecule has 0 rings (SSSR count). The van der Waals surface area contributed by atoms with Crippen LogP contribution in [0.3, 0.4) is 0 Å². The Labute approximate surface area is 309 Å². The molecule has 4 N–H and O–H groups in total. The quantitative estimate of drug-likeness (QED) is 0.0245. The minimum atomic E-state index is -4.25. The van der Waals surface area contributed by atoms with Crippen LogP contribution in [-0.2, 0) is 23.1 Å². The van der Waals surface area contributed by atoms with Gasteiger partial charge in [0.15, 0.2) is 0 Å². The van der Waals surface area contributed by atoms with Crippen molar-refractivity contribution in [3.63, 3.8) is 0 Å². The molecule has 298 valence electrons. The summed E-state index contributed by atoms with van der Waals surface area (Å²) >= 11 is 0. The summed E-state index contributed by atoms with van der Waals surface area (Å²) in [7, 11) is -4.25. The number of hydrogen-bond donors (Lipinski definition) is 3. The maximum absolute atomic E-state index is 11.8. The minimum Gasteiger partial charge on any atom is -0.463 e. The lowest BCUT2D eigenvalue weighted by molar-refractivity contribution is -0.147. The maximum atomic E-state index is 11.8. The number of phosphoric ester groups is 1. The summed E-state index contributed by atoms with van der Waals surface area (Å²) in [6.07, 6.45) is 45.5. The summed E-state index contributed by atoms with van der Waals surface area (Å²) in [5, 5.41) is 9.76. The van der Waals surface area contributed by atoms with E-state index < -0.39 is 20.5 Å². The zero-order valence-corrected chi connectivity index (χ0v) is 33.5. The van der Waals surface area contributed by atoms with Crippen LogP contribution < -0.4 is 5.73 Å². The molecule has 0 aromatic rings. The molecule has 0 aliphatic heterocycles. The minimum absolute atomic E-state index is 0.0764. The van der Waals surface area contributed by atoms with E-state index >= 15 is 0 Å². The Kier molecular flexibility index (Phi) is 38.8. The molecule has 0 saturated carbocycles. The molecule has 0 heterocycles. The van der Waals surface area contributed by atoms with Gasteiger partial charge in [-0.3, -0.25) is 13.8 Å². The Morgan fingerprint density at radius 1 is 0.580 bits per heavy atom. The third-order valence-electron chi connectivity index (χ3n) is 9.38. The van der Waals surface area contributed by atoms with E-state index in [0.717, 1.165) is 19.3 Å². The molecule has 9 heteroatoms. The number of allylic oxidation sites excluding steroid dienone is 2. The number of aliphatic hydroxyl groups is 1. The van der Waals surface area contributed by atoms with Crippen molar-refractivity contribution in [1.29, 1.82) is 0 Å². The van der Waals surface area contributed by atoms with Gasteiger partial charge in [0, 0.05) is 13.0 Å². The number of carbonyl (C=O) groups is 1. The molecular weight excluding hydrogens is 649 g/mol. The second-order valence-electron chi connectivity index (χ2n) is 14.4. The Morgan fingerprint density at radius 2 is 0.940 bits per heavy atom. The topological polar surface area (TPSA) is 128 Å². The molecule has 8 nitrogen and oxygen atoms in total. The maximum Gasteiger partial charge on any atom is 0.472 e. The van der Waals surface area contributed by atoms with Crippen molar-refractivity contribution >= 4 is 13.8 Å². The number of esters is 1. The predicted octanol–water partition coefficient (Wildman–Crippen LogP) is 12.0. The fraction of sp³-hybridized carbons (Fsp3) is 0.927. The molecule has 0 aliphatic carbocycles. The molecule has 50 heavy (non-hydrogen) atoms. The summed E-state index contributed by atoms with van der Waals surface area (Å²) in [6, 6.07) is 0. The lowest BCUT2D eigenvalue weighted by Crippen LogP contribution is -2.23. The second-order valence-corrected chi connectivity index (χ2v) is 15.9. The van der Waals surface area contributed by atoms with Crippen molar-refractivity contribution in [2.45, 2.75) is 218 Å². The first-order valence-corrected chi connectivity index (χ1v) is 22.7. The number of rotatable bonds is 41. The van der Waals surface area contributed by atoms with Gasteiger partial charge in [0.05, 0.1) is 13.2 Å². The zero-order chi connectivity index (χ0) is 36.6. The number of hydrogen-bond acceptors (Lipinski definition) is 7. The van der Waals surface area contributed by atoms with Crippen LogP contribution in [0.1, 0.15) is 212 Å². The molecule has 0 spiro atoms. The number of carbonyl (C=O) groups excluding carboxylic acids is 1. The third-order valence-corrected chi connectivity index (χ3v) is 10.4.